The predicted molar refractivity (Wildman–Crippen MR) is 234 cm³/mol. The van der Waals surface area contributed by atoms with Crippen LogP contribution >= 0.6 is 7.82 Å². The van der Waals surface area contributed by atoms with E-state index >= 15 is 0 Å². The van der Waals surface area contributed by atoms with Crippen LogP contribution in [0.25, 0.3) is 0 Å². The summed E-state index contributed by atoms with van der Waals surface area (Å²) < 4.78 is 26.2. The highest BCUT2D eigenvalue weighted by Gasteiger charge is 2.22. The van der Waals surface area contributed by atoms with Gasteiger partial charge in [0.2, 0.25) is 0 Å². The van der Waals surface area contributed by atoms with E-state index in [0.29, 0.717) is 12.8 Å². The molecule has 0 aliphatic rings. The molecule has 0 fully saturated rings. The van der Waals surface area contributed by atoms with Gasteiger partial charge >= 0.3 is 19.8 Å². The molecular formula is C47H73O8P. The molecule has 0 aromatic carbocycles. The maximum Gasteiger partial charge on any atom is 0.469 e. The zero-order valence-corrected chi connectivity index (χ0v) is 35.4. The van der Waals surface area contributed by atoms with Crippen molar-refractivity contribution in [1.82, 2.24) is 0 Å². The molecule has 56 heavy (non-hydrogen) atoms. The molecule has 8 nitrogen and oxygen atoms in total. The maximum absolute atomic E-state index is 12.4. The van der Waals surface area contributed by atoms with Gasteiger partial charge in [0.1, 0.15) is 6.61 Å². The second-order valence-electron chi connectivity index (χ2n) is 13.2. The van der Waals surface area contributed by atoms with Gasteiger partial charge in [0.05, 0.1) is 6.61 Å². The maximum atomic E-state index is 12.4. The van der Waals surface area contributed by atoms with Gasteiger partial charge in [-0.25, -0.2) is 4.57 Å². The summed E-state index contributed by atoms with van der Waals surface area (Å²) in [5.74, 6) is -1.09. The zero-order chi connectivity index (χ0) is 41.1. The lowest BCUT2D eigenvalue weighted by Crippen LogP contribution is -2.29. The lowest BCUT2D eigenvalue weighted by molar-refractivity contribution is -0.161. The first-order valence-electron chi connectivity index (χ1n) is 20.8. The molecule has 0 radical (unpaired) electrons. The second-order valence-corrected chi connectivity index (χ2v) is 14.5. The summed E-state index contributed by atoms with van der Waals surface area (Å²) in [7, 11) is -4.80. The van der Waals surface area contributed by atoms with Gasteiger partial charge in [-0.2, -0.15) is 0 Å². The van der Waals surface area contributed by atoms with Crippen LogP contribution in [0.15, 0.2) is 122 Å². The number of hydrogen-bond acceptors (Lipinski definition) is 6. The van der Waals surface area contributed by atoms with Gasteiger partial charge in [-0.05, 0) is 89.9 Å². The molecule has 1 atom stereocenters. The molecule has 0 aromatic rings. The lowest BCUT2D eigenvalue weighted by Gasteiger charge is -2.18. The van der Waals surface area contributed by atoms with E-state index in [1.54, 1.807) is 0 Å². The Morgan fingerprint density at radius 1 is 0.464 bits per heavy atom. The van der Waals surface area contributed by atoms with Crippen molar-refractivity contribution in [2.45, 2.75) is 148 Å². The Balaban J connectivity index is 4.21. The van der Waals surface area contributed by atoms with Crippen molar-refractivity contribution in [3.63, 3.8) is 0 Å². The van der Waals surface area contributed by atoms with E-state index in [0.717, 1.165) is 51.4 Å². The third kappa shape index (κ3) is 43.2. The van der Waals surface area contributed by atoms with Crippen LogP contribution in [-0.4, -0.2) is 41.0 Å². The predicted octanol–water partition coefficient (Wildman–Crippen LogP) is 13.0. The summed E-state index contributed by atoms with van der Waals surface area (Å²) >= 11 is 0. The average molecular weight is 797 g/mol. The molecule has 0 amide bonds. The van der Waals surface area contributed by atoms with Crippen LogP contribution < -0.4 is 0 Å². The van der Waals surface area contributed by atoms with Crippen molar-refractivity contribution in [1.29, 1.82) is 0 Å². The molecule has 0 aliphatic carbocycles. The van der Waals surface area contributed by atoms with E-state index in [2.05, 4.69) is 116 Å². The fourth-order valence-electron chi connectivity index (χ4n) is 4.87. The molecular weight excluding hydrogens is 723 g/mol. The second kappa shape index (κ2) is 41.1. The van der Waals surface area contributed by atoms with Crippen molar-refractivity contribution in [2.24, 2.45) is 0 Å². The number of carbonyl (C=O) groups is 2. The number of phosphoric acid groups is 1. The number of rotatable bonds is 36. The van der Waals surface area contributed by atoms with Crippen LogP contribution in [0.3, 0.4) is 0 Å². The third-order valence-corrected chi connectivity index (χ3v) is 8.47. The Bertz CT molecular complexity index is 1310. The van der Waals surface area contributed by atoms with Gasteiger partial charge in [-0.15, -0.1) is 0 Å². The fourth-order valence-corrected chi connectivity index (χ4v) is 5.23. The standard InChI is InChI=1S/C47H73O8P/c1-3-5-7-9-11-13-15-17-19-21-23-25-27-29-31-33-35-37-39-41-46(48)53-43-45(44-54-56(50,51)52)55-47(49)42-40-38-36-34-32-30-28-26-24-22-20-18-16-14-12-10-8-6-4-2/h11-14,17-20,23-26,29-32,35-38,45H,3-10,15-16,21-22,27-28,33-34,39-44H2,1-2H3,(H2,50,51,52)/b13-11-,14-12-,19-17-,20-18-,25-23-,26-24-,31-29-,32-30-,37-35-,38-36-/t45-/m1/s1. The molecule has 0 aliphatic heterocycles. The molecule has 0 bridgehead atoms. The number of carbonyl (C=O) groups excluding carboxylic acids is 2. The molecule has 0 heterocycles. The summed E-state index contributed by atoms with van der Waals surface area (Å²) in [5.41, 5.74) is 0. The van der Waals surface area contributed by atoms with Gasteiger partial charge in [0.25, 0.3) is 0 Å². The Labute approximate surface area is 339 Å². The first-order chi connectivity index (χ1) is 27.3. The van der Waals surface area contributed by atoms with Crippen LogP contribution in [0, 0.1) is 0 Å². The molecule has 0 unspecified atom stereocenters. The van der Waals surface area contributed by atoms with E-state index in [9.17, 15) is 14.2 Å². The molecule has 2 N–H and O–H groups in total. The SMILES string of the molecule is CCCCC/C=C\C/C=C\C/C=C\C/C=C\C/C=C\CCC(=O)OC[C@H](COP(=O)(O)O)OC(=O)CC/C=C\C/C=C\C/C=C\C/C=C\C/C=C\CCCCC. The summed E-state index contributed by atoms with van der Waals surface area (Å²) in [6.07, 6.45) is 59.4. The van der Waals surface area contributed by atoms with Gasteiger partial charge < -0.3 is 19.3 Å². The number of esters is 2. The van der Waals surface area contributed by atoms with Crippen LogP contribution in [0.5, 0.6) is 0 Å². The zero-order valence-electron chi connectivity index (χ0n) is 34.5. The fraction of sp³-hybridized carbons (Fsp3) is 0.532. The van der Waals surface area contributed by atoms with Crippen molar-refractivity contribution in [2.75, 3.05) is 13.2 Å². The summed E-state index contributed by atoms with van der Waals surface area (Å²) in [5, 5.41) is 0. The van der Waals surface area contributed by atoms with Crippen LogP contribution in [0.2, 0.25) is 0 Å². The first kappa shape index (κ1) is 52.5. The van der Waals surface area contributed by atoms with Crippen molar-refractivity contribution >= 4 is 19.8 Å². The van der Waals surface area contributed by atoms with Gasteiger partial charge in [0.15, 0.2) is 6.10 Å². The smallest absolute Gasteiger partial charge is 0.462 e. The van der Waals surface area contributed by atoms with Crippen LogP contribution in [0.1, 0.15) is 142 Å². The minimum Gasteiger partial charge on any atom is -0.462 e. The summed E-state index contributed by atoms with van der Waals surface area (Å²) in [4.78, 5) is 42.8. The van der Waals surface area contributed by atoms with Crippen molar-refractivity contribution in [3.8, 4) is 0 Å². The molecule has 0 rings (SSSR count). The number of ether oxygens (including phenoxy) is 2. The van der Waals surface area contributed by atoms with E-state index in [1.165, 1.54) is 51.4 Å². The van der Waals surface area contributed by atoms with E-state index in [-0.39, 0.29) is 19.4 Å². The quantitative estimate of drug-likeness (QED) is 0.0278. The monoisotopic (exact) mass is 797 g/mol. The minimum atomic E-state index is -4.80. The Kier molecular flexibility index (Phi) is 38.5. The minimum absolute atomic E-state index is 0.0652. The highest BCUT2D eigenvalue weighted by atomic mass is 31.2. The number of allylic oxidation sites excluding steroid dienone is 20. The largest absolute Gasteiger partial charge is 0.469 e. The molecule has 0 aromatic heterocycles. The average Bonchev–Trinajstić information content (AvgIpc) is 3.17. The highest BCUT2D eigenvalue weighted by Crippen LogP contribution is 2.35. The normalized spacial score (nSPS) is 13.7. The van der Waals surface area contributed by atoms with E-state index in [4.69, 9.17) is 19.3 Å². The Hall–Kier alpha value is -3.55. The Morgan fingerprint density at radius 2 is 0.786 bits per heavy atom. The number of hydrogen-bond donors (Lipinski definition) is 2. The lowest BCUT2D eigenvalue weighted by atomic mass is 10.2. The summed E-state index contributed by atoms with van der Waals surface area (Å²) in [6.45, 7) is 3.48. The van der Waals surface area contributed by atoms with Gasteiger partial charge in [0, 0.05) is 12.8 Å². The van der Waals surface area contributed by atoms with Gasteiger partial charge in [-0.3, -0.25) is 14.1 Å². The van der Waals surface area contributed by atoms with E-state index in [1.807, 2.05) is 24.3 Å². The highest BCUT2D eigenvalue weighted by molar-refractivity contribution is 7.46. The third-order valence-electron chi connectivity index (χ3n) is 7.98. The van der Waals surface area contributed by atoms with Gasteiger partial charge in [-0.1, -0.05) is 161 Å². The topological polar surface area (TPSA) is 119 Å². The number of phosphoric ester groups is 1. The summed E-state index contributed by atoms with van der Waals surface area (Å²) in [6, 6.07) is 0. The molecule has 314 valence electrons. The molecule has 9 heteroatoms. The number of unbranched alkanes of at least 4 members (excludes halogenated alkanes) is 6. The van der Waals surface area contributed by atoms with E-state index < -0.39 is 32.5 Å². The van der Waals surface area contributed by atoms with Crippen molar-refractivity contribution < 1.29 is 37.9 Å². The van der Waals surface area contributed by atoms with Crippen LogP contribution in [0.4, 0.5) is 0 Å². The molecule has 0 saturated carbocycles. The van der Waals surface area contributed by atoms with Crippen LogP contribution in [-0.2, 0) is 28.2 Å². The molecule has 0 spiro atoms. The Morgan fingerprint density at radius 3 is 1.12 bits per heavy atom. The molecule has 0 saturated heterocycles. The van der Waals surface area contributed by atoms with Crippen molar-refractivity contribution in [3.05, 3.63) is 122 Å². The first-order valence-corrected chi connectivity index (χ1v) is 22.4.